The first-order valence-electron chi connectivity index (χ1n) is 5.65. The predicted molar refractivity (Wildman–Crippen MR) is 71.5 cm³/mol. The number of hydrogen-bond donors (Lipinski definition) is 1. The van der Waals surface area contributed by atoms with Gasteiger partial charge in [-0.25, -0.2) is 0 Å². The average Bonchev–Trinajstić information content (AvgIpc) is 2.38. The van der Waals surface area contributed by atoms with Crippen molar-refractivity contribution in [2.45, 2.75) is 13.0 Å². The van der Waals surface area contributed by atoms with Crippen molar-refractivity contribution in [2.24, 2.45) is 0 Å². The van der Waals surface area contributed by atoms with Crippen molar-refractivity contribution in [3.05, 3.63) is 39.8 Å². The number of methoxy groups -OCH3 is 1. The molecule has 0 fully saturated rings. The van der Waals surface area contributed by atoms with Gasteiger partial charge in [-0.3, -0.25) is 4.79 Å². The van der Waals surface area contributed by atoms with Crippen molar-refractivity contribution in [1.82, 2.24) is 4.57 Å². The number of rotatable bonds is 4. The van der Waals surface area contributed by atoms with Crippen LogP contribution in [0.15, 0.2) is 29.2 Å². The molecule has 18 heavy (non-hydrogen) atoms. The first-order chi connectivity index (χ1) is 8.69. The van der Waals surface area contributed by atoms with Crippen LogP contribution in [0, 0.1) is 0 Å². The van der Waals surface area contributed by atoms with Crippen LogP contribution in [0.1, 0.15) is 6.42 Å². The lowest BCUT2D eigenvalue weighted by Crippen LogP contribution is -2.20. The first kappa shape index (κ1) is 12.9. The van der Waals surface area contributed by atoms with Gasteiger partial charge in [-0.2, -0.15) is 0 Å². The largest absolute Gasteiger partial charge is 0.496 e. The maximum atomic E-state index is 12.3. The van der Waals surface area contributed by atoms with E-state index in [4.69, 9.17) is 21.4 Å². The van der Waals surface area contributed by atoms with Crippen LogP contribution < -0.4 is 10.3 Å². The van der Waals surface area contributed by atoms with Crippen molar-refractivity contribution in [3.63, 3.8) is 0 Å². The minimum atomic E-state index is -0.162. The molecule has 1 aromatic carbocycles. The van der Waals surface area contributed by atoms with E-state index < -0.39 is 0 Å². The Bertz CT molecular complexity index is 621. The van der Waals surface area contributed by atoms with Gasteiger partial charge in [0, 0.05) is 24.7 Å². The minimum Gasteiger partial charge on any atom is -0.496 e. The molecule has 0 radical (unpaired) electrons. The smallest absolute Gasteiger partial charge is 0.260 e. The normalized spacial score (nSPS) is 10.8. The van der Waals surface area contributed by atoms with E-state index in [1.165, 1.54) is 0 Å². The Hall–Kier alpha value is -1.52. The van der Waals surface area contributed by atoms with Crippen LogP contribution in [0.2, 0.25) is 5.02 Å². The fraction of sp³-hybridized carbons (Fsp3) is 0.308. The van der Waals surface area contributed by atoms with Crippen LogP contribution in [0.3, 0.4) is 0 Å². The highest BCUT2D eigenvalue weighted by Crippen LogP contribution is 2.28. The Labute approximate surface area is 109 Å². The molecule has 1 heterocycles. The monoisotopic (exact) mass is 267 g/mol. The van der Waals surface area contributed by atoms with Crippen LogP contribution in [0.5, 0.6) is 5.75 Å². The summed E-state index contributed by atoms with van der Waals surface area (Å²) in [7, 11) is 1.56. The van der Waals surface area contributed by atoms with Crippen LogP contribution in [-0.2, 0) is 6.54 Å². The molecule has 2 aromatic rings. The second-order valence-electron chi connectivity index (χ2n) is 3.93. The lowest BCUT2D eigenvalue weighted by atomic mass is 10.1. The number of aromatic nitrogens is 1. The number of hydrogen-bond acceptors (Lipinski definition) is 3. The quantitative estimate of drug-likeness (QED) is 0.922. The summed E-state index contributed by atoms with van der Waals surface area (Å²) < 4.78 is 6.76. The van der Waals surface area contributed by atoms with Gasteiger partial charge in [-0.1, -0.05) is 11.6 Å². The molecule has 0 unspecified atom stereocenters. The van der Waals surface area contributed by atoms with Gasteiger partial charge in [0.05, 0.1) is 17.5 Å². The second kappa shape index (κ2) is 5.42. The van der Waals surface area contributed by atoms with E-state index in [2.05, 4.69) is 0 Å². The van der Waals surface area contributed by atoms with E-state index in [1.807, 2.05) is 0 Å². The molecule has 0 bridgehead atoms. The van der Waals surface area contributed by atoms with Gasteiger partial charge in [-0.15, -0.1) is 0 Å². The maximum absolute atomic E-state index is 12.3. The van der Waals surface area contributed by atoms with Crippen molar-refractivity contribution >= 4 is 22.4 Å². The number of pyridine rings is 1. The zero-order valence-electron chi connectivity index (χ0n) is 10.0. The fourth-order valence-corrected chi connectivity index (χ4v) is 2.17. The molecular formula is C13H14ClNO3. The standard InChI is InChI=1S/C13H14ClNO3/c1-18-11-4-3-10(14)12-9(11)5-7-15(13(12)17)6-2-8-16/h3-5,7,16H,2,6,8H2,1H3. The number of aliphatic hydroxyl groups is 1. The molecule has 0 aliphatic heterocycles. The van der Waals surface area contributed by atoms with E-state index >= 15 is 0 Å². The van der Waals surface area contributed by atoms with Crippen LogP contribution in [-0.4, -0.2) is 23.4 Å². The molecule has 0 aliphatic carbocycles. The SMILES string of the molecule is COc1ccc(Cl)c2c(=O)n(CCCO)ccc12. The number of halogens is 1. The second-order valence-corrected chi connectivity index (χ2v) is 4.34. The van der Waals surface area contributed by atoms with Crippen LogP contribution in [0.25, 0.3) is 10.8 Å². The Morgan fingerprint density at radius 3 is 2.83 bits per heavy atom. The van der Waals surface area contributed by atoms with Crippen molar-refractivity contribution in [2.75, 3.05) is 13.7 Å². The molecule has 5 heteroatoms. The third-order valence-electron chi connectivity index (χ3n) is 2.83. The molecule has 96 valence electrons. The summed E-state index contributed by atoms with van der Waals surface area (Å²) in [4.78, 5) is 12.3. The molecule has 0 saturated heterocycles. The van der Waals surface area contributed by atoms with Gasteiger partial charge < -0.3 is 14.4 Å². The molecule has 1 N–H and O–H groups in total. The minimum absolute atomic E-state index is 0.0519. The van der Waals surface area contributed by atoms with E-state index in [9.17, 15) is 4.79 Å². The Morgan fingerprint density at radius 2 is 2.17 bits per heavy atom. The predicted octanol–water partition coefficient (Wildman–Crippen LogP) is 2.05. The third-order valence-corrected chi connectivity index (χ3v) is 3.14. The van der Waals surface area contributed by atoms with Gasteiger partial charge in [0.15, 0.2) is 0 Å². The molecule has 0 aliphatic rings. The number of ether oxygens (including phenoxy) is 1. The number of fused-ring (bicyclic) bond motifs is 1. The van der Waals surface area contributed by atoms with Crippen LogP contribution >= 0.6 is 11.6 Å². The number of benzene rings is 1. The highest BCUT2D eigenvalue weighted by Gasteiger charge is 2.10. The summed E-state index contributed by atoms with van der Waals surface area (Å²) in [5, 5.41) is 10.4. The molecule has 2 rings (SSSR count). The molecule has 0 amide bonds. The highest BCUT2D eigenvalue weighted by molar-refractivity contribution is 6.35. The summed E-state index contributed by atoms with van der Waals surface area (Å²) in [5.41, 5.74) is -0.162. The van der Waals surface area contributed by atoms with Crippen molar-refractivity contribution in [3.8, 4) is 5.75 Å². The summed E-state index contributed by atoms with van der Waals surface area (Å²) >= 11 is 6.08. The Morgan fingerprint density at radius 1 is 1.39 bits per heavy atom. The number of nitrogens with zero attached hydrogens (tertiary/aromatic N) is 1. The molecule has 1 aromatic heterocycles. The molecule has 0 spiro atoms. The first-order valence-corrected chi connectivity index (χ1v) is 6.03. The summed E-state index contributed by atoms with van der Waals surface area (Å²) in [5.74, 6) is 0.626. The highest BCUT2D eigenvalue weighted by atomic mass is 35.5. The maximum Gasteiger partial charge on any atom is 0.260 e. The number of aliphatic hydroxyl groups excluding tert-OH is 1. The number of aryl methyl sites for hydroxylation is 1. The van der Waals surface area contributed by atoms with E-state index in [0.717, 1.165) is 0 Å². The Balaban J connectivity index is 2.66. The lowest BCUT2D eigenvalue weighted by molar-refractivity contribution is 0.279. The van der Waals surface area contributed by atoms with Crippen molar-refractivity contribution < 1.29 is 9.84 Å². The van der Waals surface area contributed by atoms with Crippen molar-refractivity contribution in [1.29, 1.82) is 0 Å². The third kappa shape index (κ3) is 2.21. The molecule has 0 atom stereocenters. The van der Waals surface area contributed by atoms with E-state index in [0.29, 0.717) is 34.5 Å². The summed E-state index contributed by atoms with van der Waals surface area (Å²) in [6, 6.07) is 5.20. The van der Waals surface area contributed by atoms with E-state index in [1.54, 1.807) is 36.1 Å². The molecule has 4 nitrogen and oxygen atoms in total. The van der Waals surface area contributed by atoms with E-state index in [-0.39, 0.29) is 12.2 Å². The summed E-state index contributed by atoms with van der Waals surface area (Å²) in [6.45, 7) is 0.523. The zero-order chi connectivity index (χ0) is 13.1. The molecule has 0 saturated carbocycles. The summed E-state index contributed by atoms with van der Waals surface area (Å²) in [6.07, 6.45) is 2.23. The lowest BCUT2D eigenvalue weighted by Gasteiger charge is -2.10. The Kier molecular flexibility index (Phi) is 3.89. The van der Waals surface area contributed by atoms with Gasteiger partial charge in [-0.05, 0) is 24.6 Å². The zero-order valence-corrected chi connectivity index (χ0v) is 10.8. The average molecular weight is 268 g/mol. The van der Waals surface area contributed by atoms with Gasteiger partial charge in [0.1, 0.15) is 5.75 Å². The molecular weight excluding hydrogens is 254 g/mol. The van der Waals surface area contributed by atoms with Gasteiger partial charge in [0.25, 0.3) is 5.56 Å². The fourth-order valence-electron chi connectivity index (χ4n) is 1.93. The van der Waals surface area contributed by atoms with Crippen LogP contribution in [0.4, 0.5) is 0 Å². The van der Waals surface area contributed by atoms with Gasteiger partial charge >= 0.3 is 0 Å². The topological polar surface area (TPSA) is 51.5 Å². The van der Waals surface area contributed by atoms with Gasteiger partial charge in [0.2, 0.25) is 0 Å².